The van der Waals surface area contributed by atoms with Crippen LogP contribution in [0.5, 0.6) is 5.75 Å². The minimum Gasteiger partial charge on any atom is -0.491 e. The zero-order chi connectivity index (χ0) is 16.7. The first-order valence-electron chi connectivity index (χ1n) is 7.48. The number of halogens is 1. The van der Waals surface area contributed by atoms with Gasteiger partial charge in [0.25, 0.3) is 0 Å². The van der Waals surface area contributed by atoms with E-state index >= 15 is 0 Å². The summed E-state index contributed by atoms with van der Waals surface area (Å²) in [4.78, 5) is 6.30. The summed E-state index contributed by atoms with van der Waals surface area (Å²) in [7, 11) is 3.72. The molecular weight excluding hydrogens is 313 g/mol. The molecule has 0 unspecified atom stereocenters. The van der Waals surface area contributed by atoms with Crippen LogP contribution < -0.4 is 10.1 Å². The van der Waals surface area contributed by atoms with Gasteiger partial charge in [0.1, 0.15) is 0 Å². The van der Waals surface area contributed by atoms with Gasteiger partial charge >= 0.3 is 0 Å². The average Bonchev–Trinajstić information content (AvgIpc) is 3.03. The maximum absolute atomic E-state index is 13.9. The Morgan fingerprint density at radius 1 is 1.35 bits per heavy atom. The summed E-state index contributed by atoms with van der Waals surface area (Å²) in [5, 5.41) is 7.42. The van der Waals surface area contributed by atoms with Crippen LogP contribution in [0, 0.1) is 5.82 Å². The Balaban J connectivity index is 1.93. The molecule has 1 heterocycles. The van der Waals surface area contributed by atoms with Crippen LogP contribution in [-0.4, -0.2) is 31.6 Å². The number of rotatable bonds is 6. The van der Waals surface area contributed by atoms with E-state index in [1.54, 1.807) is 24.5 Å². The van der Waals surface area contributed by atoms with Crippen molar-refractivity contribution in [2.75, 3.05) is 20.7 Å². The van der Waals surface area contributed by atoms with Crippen LogP contribution in [0.4, 0.5) is 4.39 Å². The molecule has 1 aromatic heterocycles. The van der Waals surface area contributed by atoms with Gasteiger partial charge in [-0.15, -0.1) is 0 Å². The van der Waals surface area contributed by atoms with E-state index in [9.17, 15) is 4.39 Å². The smallest absolute Gasteiger partial charge is 0.193 e. The van der Waals surface area contributed by atoms with E-state index in [0.717, 1.165) is 18.1 Å². The maximum Gasteiger partial charge on any atom is 0.193 e. The van der Waals surface area contributed by atoms with Crippen molar-refractivity contribution in [2.24, 2.45) is 4.99 Å². The molecule has 0 aliphatic heterocycles. The summed E-state index contributed by atoms with van der Waals surface area (Å²) in [6.45, 7) is 3.57. The summed E-state index contributed by atoms with van der Waals surface area (Å²) in [5.74, 6) is 0.716. The topological polar surface area (TPSA) is 36.9 Å². The van der Waals surface area contributed by atoms with Crippen LogP contribution in [0.1, 0.15) is 18.1 Å². The molecule has 0 aliphatic carbocycles. The van der Waals surface area contributed by atoms with Gasteiger partial charge in [0.05, 0.1) is 6.61 Å². The highest BCUT2D eigenvalue weighted by Crippen LogP contribution is 2.18. The number of nitrogens with zero attached hydrogens (tertiary/aromatic N) is 2. The van der Waals surface area contributed by atoms with E-state index < -0.39 is 0 Å². The van der Waals surface area contributed by atoms with Crippen molar-refractivity contribution < 1.29 is 9.13 Å². The third kappa shape index (κ3) is 4.96. The van der Waals surface area contributed by atoms with Gasteiger partial charge in [-0.1, -0.05) is 6.07 Å². The lowest BCUT2D eigenvalue weighted by Gasteiger charge is -2.21. The number of guanidine groups is 1. The van der Waals surface area contributed by atoms with Crippen LogP contribution in [0.2, 0.25) is 0 Å². The van der Waals surface area contributed by atoms with Crippen LogP contribution in [0.15, 0.2) is 40.0 Å². The van der Waals surface area contributed by atoms with Crippen molar-refractivity contribution in [1.29, 1.82) is 0 Å². The summed E-state index contributed by atoms with van der Waals surface area (Å²) < 4.78 is 19.1. The van der Waals surface area contributed by atoms with Gasteiger partial charge in [-0.3, -0.25) is 4.99 Å². The molecule has 23 heavy (non-hydrogen) atoms. The molecule has 2 rings (SSSR count). The van der Waals surface area contributed by atoms with Crippen LogP contribution in [0.3, 0.4) is 0 Å². The van der Waals surface area contributed by atoms with Crippen LogP contribution in [-0.2, 0) is 13.1 Å². The Morgan fingerprint density at radius 3 is 2.78 bits per heavy atom. The van der Waals surface area contributed by atoms with E-state index in [1.165, 1.54) is 11.6 Å². The second-order valence-corrected chi connectivity index (χ2v) is 5.87. The van der Waals surface area contributed by atoms with Gasteiger partial charge < -0.3 is 15.0 Å². The van der Waals surface area contributed by atoms with E-state index in [2.05, 4.69) is 27.1 Å². The summed E-state index contributed by atoms with van der Waals surface area (Å²) >= 11 is 1.68. The molecule has 0 amide bonds. The zero-order valence-corrected chi connectivity index (χ0v) is 14.5. The molecule has 0 bridgehead atoms. The number of hydrogen-bond donors (Lipinski definition) is 1. The quantitative estimate of drug-likeness (QED) is 0.648. The lowest BCUT2D eigenvalue weighted by Crippen LogP contribution is -2.37. The fraction of sp³-hybridized carbons (Fsp3) is 0.353. The molecule has 0 spiro atoms. The standard InChI is InChI=1S/C17H22FN3OS/c1-4-22-16-6-5-13(9-15(16)18)10-20-17(19-2)21(3)11-14-7-8-23-12-14/h5-9,12H,4,10-11H2,1-3H3,(H,19,20). The van der Waals surface area contributed by atoms with Gasteiger partial charge in [0, 0.05) is 27.2 Å². The highest BCUT2D eigenvalue weighted by Gasteiger charge is 2.08. The number of benzene rings is 1. The fourth-order valence-corrected chi connectivity index (χ4v) is 2.88. The van der Waals surface area contributed by atoms with Crippen molar-refractivity contribution in [3.63, 3.8) is 0 Å². The third-order valence-corrected chi connectivity index (χ3v) is 4.05. The van der Waals surface area contributed by atoms with Gasteiger partial charge in [-0.2, -0.15) is 11.3 Å². The Labute approximate surface area is 140 Å². The average molecular weight is 335 g/mol. The highest BCUT2D eigenvalue weighted by molar-refractivity contribution is 7.07. The number of ether oxygens (including phenoxy) is 1. The van der Waals surface area contributed by atoms with Crippen LogP contribution >= 0.6 is 11.3 Å². The van der Waals surface area contributed by atoms with Gasteiger partial charge in [0.15, 0.2) is 17.5 Å². The summed E-state index contributed by atoms with van der Waals surface area (Å²) in [5.41, 5.74) is 2.09. The number of hydrogen-bond acceptors (Lipinski definition) is 3. The Hall–Kier alpha value is -2.08. The van der Waals surface area contributed by atoms with E-state index in [0.29, 0.717) is 13.2 Å². The Kier molecular flexibility index (Phi) is 6.40. The lowest BCUT2D eigenvalue weighted by molar-refractivity contribution is 0.321. The van der Waals surface area contributed by atoms with Gasteiger partial charge in [0.2, 0.25) is 0 Å². The summed E-state index contributed by atoms with van der Waals surface area (Å²) in [6.07, 6.45) is 0. The number of thiophene rings is 1. The number of aliphatic imine (C=N–C) groups is 1. The first kappa shape index (κ1) is 17.3. The summed E-state index contributed by atoms with van der Waals surface area (Å²) in [6, 6.07) is 7.10. The fourth-order valence-electron chi connectivity index (χ4n) is 2.22. The Bertz CT molecular complexity index is 643. The maximum atomic E-state index is 13.9. The molecule has 0 saturated heterocycles. The van der Waals surface area contributed by atoms with Gasteiger partial charge in [-0.05, 0) is 47.0 Å². The second kappa shape index (κ2) is 8.53. The van der Waals surface area contributed by atoms with Crippen molar-refractivity contribution in [3.05, 3.63) is 52.0 Å². The van der Waals surface area contributed by atoms with E-state index in [4.69, 9.17) is 4.74 Å². The van der Waals surface area contributed by atoms with E-state index in [-0.39, 0.29) is 11.6 Å². The Morgan fingerprint density at radius 2 is 2.17 bits per heavy atom. The van der Waals surface area contributed by atoms with Crippen molar-refractivity contribution in [3.8, 4) is 5.75 Å². The molecular formula is C17H22FN3OS. The monoisotopic (exact) mass is 335 g/mol. The first-order chi connectivity index (χ1) is 11.1. The number of nitrogens with one attached hydrogen (secondary N) is 1. The SMILES string of the molecule is CCOc1ccc(CNC(=NC)N(C)Cc2ccsc2)cc1F. The molecule has 0 fully saturated rings. The van der Waals surface area contributed by atoms with E-state index in [1.807, 2.05) is 24.9 Å². The highest BCUT2D eigenvalue weighted by atomic mass is 32.1. The predicted molar refractivity (Wildman–Crippen MR) is 93.6 cm³/mol. The molecule has 2 aromatic rings. The molecule has 0 atom stereocenters. The van der Waals surface area contributed by atoms with Crippen molar-refractivity contribution in [1.82, 2.24) is 10.2 Å². The lowest BCUT2D eigenvalue weighted by atomic mass is 10.2. The third-order valence-electron chi connectivity index (χ3n) is 3.32. The zero-order valence-electron chi connectivity index (χ0n) is 13.7. The minimum atomic E-state index is -0.340. The predicted octanol–water partition coefficient (Wildman–Crippen LogP) is 3.49. The van der Waals surface area contributed by atoms with Crippen molar-refractivity contribution >= 4 is 17.3 Å². The molecule has 6 heteroatoms. The molecule has 0 aliphatic rings. The largest absolute Gasteiger partial charge is 0.491 e. The van der Waals surface area contributed by atoms with Crippen LogP contribution in [0.25, 0.3) is 0 Å². The first-order valence-corrected chi connectivity index (χ1v) is 8.42. The van der Waals surface area contributed by atoms with Crippen molar-refractivity contribution in [2.45, 2.75) is 20.0 Å². The molecule has 4 nitrogen and oxygen atoms in total. The molecule has 1 N–H and O–H groups in total. The normalized spacial score (nSPS) is 11.4. The molecule has 124 valence electrons. The molecule has 0 saturated carbocycles. The molecule has 1 aromatic carbocycles. The van der Waals surface area contributed by atoms with Gasteiger partial charge in [-0.25, -0.2) is 4.39 Å². The molecule has 0 radical (unpaired) electrons. The minimum absolute atomic E-state index is 0.287. The second-order valence-electron chi connectivity index (χ2n) is 5.09.